The largest absolute Gasteiger partial charge is 0.497 e. The van der Waals surface area contributed by atoms with Crippen molar-refractivity contribution in [3.8, 4) is 11.5 Å². The van der Waals surface area contributed by atoms with Crippen LogP contribution in [0.4, 0.5) is 0 Å². The van der Waals surface area contributed by atoms with E-state index in [1.54, 1.807) is 55.6 Å². The number of rotatable bonds is 10. The second-order valence-electron chi connectivity index (χ2n) is 6.20. The molecule has 0 unspecified atom stereocenters. The molecule has 5 heteroatoms. The number of benzene rings is 2. The zero-order chi connectivity index (χ0) is 19.5. The average molecular weight is 370 g/mol. The van der Waals surface area contributed by atoms with E-state index in [1.165, 1.54) is 12.8 Å². The van der Waals surface area contributed by atoms with Gasteiger partial charge in [-0.15, -0.1) is 0 Å². The van der Waals surface area contributed by atoms with Crippen molar-refractivity contribution in [2.45, 2.75) is 39.0 Å². The first-order valence-electron chi connectivity index (χ1n) is 9.27. The molecule has 5 nitrogen and oxygen atoms in total. The van der Waals surface area contributed by atoms with Gasteiger partial charge in [0.25, 0.3) is 0 Å². The Kier molecular flexibility index (Phi) is 8.36. The summed E-state index contributed by atoms with van der Waals surface area (Å²) in [5.41, 5.74) is 0.774. The van der Waals surface area contributed by atoms with Crippen LogP contribution in [0.5, 0.6) is 11.5 Å². The van der Waals surface area contributed by atoms with Crippen LogP contribution in [0.1, 0.15) is 59.7 Å². The first-order valence-corrected chi connectivity index (χ1v) is 9.27. The number of hydrogen-bond donors (Lipinski definition) is 0. The molecule has 0 atom stereocenters. The molecule has 0 spiro atoms. The molecule has 0 aliphatic carbocycles. The van der Waals surface area contributed by atoms with Gasteiger partial charge >= 0.3 is 11.9 Å². The molecule has 0 fully saturated rings. The minimum atomic E-state index is -0.501. The number of hydrogen-bond acceptors (Lipinski definition) is 5. The lowest BCUT2D eigenvalue weighted by atomic mass is 10.1. The summed E-state index contributed by atoms with van der Waals surface area (Å²) < 4.78 is 15.7. The summed E-state index contributed by atoms with van der Waals surface area (Å²) in [4.78, 5) is 24.2. The zero-order valence-electron chi connectivity index (χ0n) is 15.9. The van der Waals surface area contributed by atoms with Gasteiger partial charge in [0, 0.05) is 6.07 Å². The molecule has 2 aromatic rings. The third kappa shape index (κ3) is 6.77. The van der Waals surface area contributed by atoms with Crippen molar-refractivity contribution < 1.29 is 23.8 Å². The molecule has 0 amide bonds. The van der Waals surface area contributed by atoms with Crippen LogP contribution in [0.15, 0.2) is 48.5 Å². The maximum absolute atomic E-state index is 12.2. The number of carbonyl (C=O) groups is 2. The van der Waals surface area contributed by atoms with Gasteiger partial charge in [-0.1, -0.05) is 38.7 Å². The number of methoxy groups -OCH3 is 1. The van der Waals surface area contributed by atoms with Crippen molar-refractivity contribution in [2.75, 3.05) is 13.7 Å². The van der Waals surface area contributed by atoms with Gasteiger partial charge in [0.05, 0.1) is 24.8 Å². The van der Waals surface area contributed by atoms with Gasteiger partial charge in [0.1, 0.15) is 11.5 Å². The summed E-state index contributed by atoms with van der Waals surface area (Å²) in [5.74, 6) is 0.122. The van der Waals surface area contributed by atoms with Crippen molar-refractivity contribution in [3.05, 3.63) is 59.7 Å². The van der Waals surface area contributed by atoms with E-state index >= 15 is 0 Å². The Labute approximate surface area is 160 Å². The third-order valence-corrected chi connectivity index (χ3v) is 4.09. The van der Waals surface area contributed by atoms with Crippen molar-refractivity contribution in [1.29, 1.82) is 0 Å². The molecular formula is C22H26O5. The lowest BCUT2D eigenvalue weighted by Gasteiger charge is -2.07. The molecule has 0 saturated heterocycles. The van der Waals surface area contributed by atoms with Gasteiger partial charge in [-0.25, -0.2) is 9.59 Å². The molecule has 0 aliphatic rings. The van der Waals surface area contributed by atoms with Crippen molar-refractivity contribution in [3.63, 3.8) is 0 Å². The summed E-state index contributed by atoms with van der Waals surface area (Å²) in [5, 5.41) is 0. The molecule has 144 valence electrons. The van der Waals surface area contributed by atoms with Gasteiger partial charge in [0.15, 0.2) is 0 Å². The topological polar surface area (TPSA) is 61.8 Å². The lowest BCUT2D eigenvalue weighted by molar-refractivity contribution is 0.0497. The van der Waals surface area contributed by atoms with E-state index in [4.69, 9.17) is 14.2 Å². The van der Waals surface area contributed by atoms with Gasteiger partial charge in [-0.05, 0) is 42.8 Å². The normalized spacial score (nSPS) is 10.3. The average Bonchev–Trinajstić information content (AvgIpc) is 2.70. The fourth-order valence-electron chi connectivity index (χ4n) is 2.53. The van der Waals surface area contributed by atoms with Crippen molar-refractivity contribution in [2.24, 2.45) is 0 Å². The van der Waals surface area contributed by atoms with Crippen LogP contribution in [-0.4, -0.2) is 25.7 Å². The zero-order valence-corrected chi connectivity index (χ0v) is 15.9. The maximum atomic E-state index is 12.2. The van der Waals surface area contributed by atoms with Crippen molar-refractivity contribution >= 4 is 11.9 Å². The molecule has 0 heterocycles. The second kappa shape index (κ2) is 11.0. The van der Waals surface area contributed by atoms with Crippen LogP contribution < -0.4 is 9.47 Å². The fraction of sp³-hybridized carbons (Fsp3) is 0.364. The summed E-state index contributed by atoms with van der Waals surface area (Å²) in [6.45, 7) is 2.58. The van der Waals surface area contributed by atoms with E-state index < -0.39 is 5.97 Å². The van der Waals surface area contributed by atoms with Crippen LogP contribution in [0, 0.1) is 0 Å². The molecular weight excluding hydrogens is 344 g/mol. The Morgan fingerprint density at radius 2 is 1.44 bits per heavy atom. The third-order valence-electron chi connectivity index (χ3n) is 4.09. The Balaban J connectivity index is 1.84. The minimum absolute atomic E-state index is 0.355. The Morgan fingerprint density at radius 3 is 2.11 bits per heavy atom. The van der Waals surface area contributed by atoms with Gasteiger partial charge in [-0.3, -0.25) is 0 Å². The van der Waals surface area contributed by atoms with E-state index in [0.717, 1.165) is 19.3 Å². The molecule has 0 aromatic heterocycles. The van der Waals surface area contributed by atoms with Crippen LogP contribution in [0.2, 0.25) is 0 Å². The lowest BCUT2D eigenvalue weighted by Crippen LogP contribution is -2.10. The summed E-state index contributed by atoms with van der Waals surface area (Å²) in [6, 6.07) is 13.1. The highest BCUT2D eigenvalue weighted by Gasteiger charge is 2.12. The summed E-state index contributed by atoms with van der Waals surface area (Å²) in [6.07, 6.45) is 5.50. The van der Waals surface area contributed by atoms with Gasteiger partial charge < -0.3 is 14.2 Å². The highest BCUT2D eigenvalue weighted by molar-refractivity contribution is 5.94. The number of carbonyl (C=O) groups excluding carboxylic acids is 2. The predicted molar refractivity (Wildman–Crippen MR) is 103 cm³/mol. The minimum Gasteiger partial charge on any atom is -0.497 e. The van der Waals surface area contributed by atoms with Crippen LogP contribution in [-0.2, 0) is 4.74 Å². The van der Waals surface area contributed by atoms with E-state index in [1.807, 2.05) is 0 Å². The monoisotopic (exact) mass is 370 g/mol. The van der Waals surface area contributed by atoms with E-state index in [0.29, 0.717) is 29.2 Å². The Bertz CT molecular complexity index is 737. The quantitative estimate of drug-likeness (QED) is 0.333. The smallest absolute Gasteiger partial charge is 0.343 e. The van der Waals surface area contributed by atoms with Crippen molar-refractivity contribution in [1.82, 2.24) is 0 Å². The molecule has 2 rings (SSSR count). The van der Waals surface area contributed by atoms with Gasteiger partial charge in [0.2, 0.25) is 0 Å². The number of esters is 2. The number of ether oxygens (including phenoxy) is 3. The van der Waals surface area contributed by atoms with E-state index in [2.05, 4.69) is 6.92 Å². The highest BCUT2D eigenvalue weighted by Crippen LogP contribution is 2.20. The molecule has 2 aromatic carbocycles. The molecule has 27 heavy (non-hydrogen) atoms. The molecule has 0 bridgehead atoms. The Morgan fingerprint density at radius 1 is 0.815 bits per heavy atom. The Hall–Kier alpha value is -2.82. The second-order valence-corrected chi connectivity index (χ2v) is 6.20. The molecule has 0 N–H and O–H groups in total. The summed E-state index contributed by atoms with van der Waals surface area (Å²) >= 11 is 0. The van der Waals surface area contributed by atoms with Crippen LogP contribution in [0.3, 0.4) is 0 Å². The van der Waals surface area contributed by atoms with Crippen LogP contribution >= 0.6 is 0 Å². The maximum Gasteiger partial charge on any atom is 0.343 e. The van der Waals surface area contributed by atoms with E-state index in [9.17, 15) is 9.59 Å². The van der Waals surface area contributed by atoms with Gasteiger partial charge in [-0.2, -0.15) is 0 Å². The first-order chi connectivity index (χ1) is 13.1. The van der Waals surface area contributed by atoms with Crippen LogP contribution in [0.25, 0.3) is 0 Å². The molecule has 0 aliphatic heterocycles. The fourth-order valence-corrected chi connectivity index (χ4v) is 2.53. The highest BCUT2D eigenvalue weighted by atomic mass is 16.5. The summed E-state index contributed by atoms with van der Waals surface area (Å²) in [7, 11) is 1.55. The number of unbranched alkanes of at least 4 members (excludes halogenated alkanes) is 4. The molecule has 0 saturated carbocycles. The first kappa shape index (κ1) is 20.5. The molecule has 0 radical (unpaired) electrons. The SMILES string of the molecule is CCCCCCCOC(=O)c1ccc(C(=O)Oc2cccc(OC)c2)cc1. The standard InChI is InChI=1S/C22H26O5/c1-3-4-5-6-7-15-26-21(23)17-11-13-18(14-12-17)22(24)27-20-10-8-9-19(16-20)25-2/h8-14,16H,3-7,15H2,1-2H3. The van der Waals surface area contributed by atoms with E-state index in [-0.39, 0.29) is 5.97 Å². The predicted octanol–water partition coefficient (Wildman–Crippen LogP) is 5.04.